The predicted octanol–water partition coefficient (Wildman–Crippen LogP) is 4.32. The first-order chi connectivity index (χ1) is 15.9. The van der Waals surface area contributed by atoms with Gasteiger partial charge in [0.15, 0.2) is 5.82 Å². The summed E-state index contributed by atoms with van der Waals surface area (Å²) >= 11 is 0. The number of nitrogen functional groups attached to an aromatic ring is 1. The van der Waals surface area contributed by atoms with Gasteiger partial charge in [0.2, 0.25) is 0 Å². The third-order valence-corrected chi connectivity index (χ3v) is 6.58. The van der Waals surface area contributed by atoms with Crippen LogP contribution in [0.15, 0.2) is 54.9 Å². The standard InChI is InChI=1S/C26H23N6O.Y/c1-15-19(10-8-17-9-11-20(30-21(15)17)16-6-4-3-5-7-16)22-23-24(27)28-14-29-32(23)25(31-22)18-12-26(2,33)13-18;/h3-8,10-11,14,18,33H,12-13H2,1-2H3,(H2,27,28,29);/q-1;. The molecule has 0 aliphatic heterocycles. The maximum absolute atomic E-state index is 10.3. The Kier molecular flexibility index (Phi) is 5.75. The van der Waals surface area contributed by atoms with Crippen molar-refractivity contribution in [1.82, 2.24) is 24.6 Å². The maximum atomic E-state index is 10.3. The molecule has 1 saturated carbocycles. The summed E-state index contributed by atoms with van der Waals surface area (Å²) < 4.78 is 1.78. The smallest absolute Gasteiger partial charge is 0.153 e. The molecule has 2 aromatic carbocycles. The van der Waals surface area contributed by atoms with Crippen LogP contribution in [0.1, 0.15) is 37.1 Å². The summed E-state index contributed by atoms with van der Waals surface area (Å²) in [6, 6.07) is 19.4. The third kappa shape index (κ3) is 3.72. The summed E-state index contributed by atoms with van der Waals surface area (Å²) in [5, 5.41) is 15.7. The van der Waals surface area contributed by atoms with Crippen LogP contribution < -0.4 is 5.73 Å². The molecule has 5 aromatic rings. The first kappa shape index (κ1) is 23.0. The first-order valence-corrected chi connectivity index (χ1v) is 11.0. The minimum atomic E-state index is -0.665. The van der Waals surface area contributed by atoms with Gasteiger partial charge in [0.25, 0.3) is 0 Å². The zero-order valence-electron chi connectivity index (χ0n) is 19.0. The van der Waals surface area contributed by atoms with Crippen LogP contribution in [0, 0.1) is 13.0 Å². The van der Waals surface area contributed by atoms with Crippen LogP contribution in [0.3, 0.4) is 0 Å². The van der Waals surface area contributed by atoms with Gasteiger partial charge >= 0.3 is 0 Å². The molecule has 0 unspecified atom stereocenters. The number of nitrogens with two attached hydrogens (primary N) is 1. The van der Waals surface area contributed by atoms with Crippen LogP contribution >= 0.6 is 0 Å². The third-order valence-electron chi connectivity index (χ3n) is 6.58. The predicted molar refractivity (Wildman–Crippen MR) is 128 cm³/mol. The van der Waals surface area contributed by atoms with Crippen LogP contribution in [-0.4, -0.2) is 35.3 Å². The van der Waals surface area contributed by atoms with Gasteiger partial charge in [0, 0.05) is 38.6 Å². The fourth-order valence-corrected chi connectivity index (χ4v) is 4.89. The second-order valence-corrected chi connectivity index (χ2v) is 9.11. The van der Waals surface area contributed by atoms with E-state index in [1.165, 1.54) is 6.33 Å². The number of benzene rings is 2. The zero-order valence-corrected chi connectivity index (χ0v) is 21.9. The summed E-state index contributed by atoms with van der Waals surface area (Å²) in [5.41, 5.74) is 11.8. The summed E-state index contributed by atoms with van der Waals surface area (Å²) in [7, 11) is 0. The van der Waals surface area contributed by atoms with E-state index in [0.29, 0.717) is 24.2 Å². The van der Waals surface area contributed by atoms with E-state index in [0.717, 1.165) is 44.8 Å². The van der Waals surface area contributed by atoms with Crippen LogP contribution in [-0.2, 0) is 32.7 Å². The molecule has 167 valence electrons. The Morgan fingerprint density at radius 2 is 1.88 bits per heavy atom. The average molecular weight is 524 g/mol. The number of aromatic nitrogens is 5. The van der Waals surface area contributed by atoms with Crippen molar-refractivity contribution in [3.05, 3.63) is 72.3 Å². The zero-order chi connectivity index (χ0) is 22.7. The normalized spacial score (nSPS) is 19.7. The molecule has 8 heteroatoms. The Balaban J connectivity index is 0.00000241. The molecule has 34 heavy (non-hydrogen) atoms. The van der Waals surface area contributed by atoms with E-state index in [9.17, 15) is 5.11 Å². The molecule has 7 nitrogen and oxygen atoms in total. The van der Waals surface area contributed by atoms with E-state index >= 15 is 0 Å². The van der Waals surface area contributed by atoms with Crippen molar-refractivity contribution < 1.29 is 37.8 Å². The number of fused-ring (bicyclic) bond motifs is 2. The minimum absolute atomic E-state index is 0. The molecular formula is C26H23N6OY-. The van der Waals surface area contributed by atoms with E-state index in [1.807, 2.05) is 62.4 Å². The van der Waals surface area contributed by atoms with Gasteiger partial charge < -0.3 is 15.8 Å². The number of pyridine rings is 1. The number of aliphatic hydroxyl groups is 1. The Bertz CT molecular complexity index is 1520. The van der Waals surface area contributed by atoms with Crippen molar-refractivity contribution >= 4 is 22.2 Å². The number of nitrogens with zero attached hydrogens (tertiary/aromatic N) is 5. The summed E-state index contributed by atoms with van der Waals surface area (Å²) in [4.78, 5) is 14.2. The topological polar surface area (TPSA) is 102 Å². The van der Waals surface area contributed by atoms with E-state index in [2.05, 4.69) is 16.1 Å². The SMILES string of the molecule is Cc1c(-c2nc(C3CC(C)(O)C3)n3ncnc(N)c23)ccc2[c-]cc(-c3ccccc3)nc12.[Y]. The molecule has 3 N–H and O–H groups in total. The molecule has 3 heterocycles. The Hall–Kier alpha value is -2.74. The molecule has 0 spiro atoms. The molecule has 1 aliphatic rings. The van der Waals surface area contributed by atoms with Gasteiger partial charge in [-0.25, -0.2) is 14.5 Å². The number of aryl methyl sites for hydroxylation is 1. The second kappa shape index (κ2) is 8.49. The van der Waals surface area contributed by atoms with Gasteiger partial charge in [-0.3, -0.25) is 0 Å². The number of hydrogen-bond donors (Lipinski definition) is 2. The molecule has 0 bridgehead atoms. The van der Waals surface area contributed by atoms with Crippen LogP contribution in [0.5, 0.6) is 0 Å². The quantitative estimate of drug-likeness (QED) is 0.341. The Labute approximate surface area is 222 Å². The first-order valence-electron chi connectivity index (χ1n) is 11.0. The number of rotatable bonds is 3. The number of imidazole rings is 1. The second-order valence-electron chi connectivity index (χ2n) is 9.11. The van der Waals surface area contributed by atoms with E-state index in [1.54, 1.807) is 4.52 Å². The molecular weight excluding hydrogens is 501 g/mol. The molecule has 0 saturated heterocycles. The van der Waals surface area contributed by atoms with E-state index in [-0.39, 0.29) is 38.6 Å². The van der Waals surface area contributed by atoms with E-state index < -0.39 is 5.60 Å². The Morgan fingerprint density at radius 3 is 2.62 bits per heavy atom. The number of anilines is 1. The molecule has 1 aliphatic carbocycles. The summed E-state index contributed by atoms with van der Waals surface area (Å²) in [6.07, 6.45) is 2.73. The molecule has 1 fully saturated rings. The molecule has 3 aromatic heterocycles. The molecule has 6 rings (SSSR count). The summed E-state index contributed by atoms with van der Waals surface area (Å²) in [6.45, 7) is 3.90. The fourth-order valence-electron chi connectivity index (χ4n) is 4.89. The monoisotopic (exact) mass is 524 g/mol. The van der Waals surface area contributed by atoms with Gasteiger partial charge in [0.1, 0.15) is 23.4 Å². The molecule has 0 atom stereocenters. The van der Waals surface area contributed by atoms with Gasteiger partial charge in [-0.15, -0.1) is 23.6 Å². The van der Waals surface area contributed by atoms with Gasteiger partial charge in [-0.2, -0.15) is 5.10 Å². The van der Waals surface area contributed by atoms with Gasteiger partial charge in [0.05, 0.1) is 5.60 Å². The maximum Gasteiger partial charge on any atom is 0.153 e. The van der Waals surface area contributed by atoms with Crippen molar-refractivity contribution in [3.63, 3.8) is 0 Å². The van der Waals surface area contributed by atoms with Crippen molar-refractivity contribution in [2.45, 2.75) is 38.2 Å². The minimum Gasteiger partial charge on any atom is -0.390 e. The van der Waals surface area contributed by atoms with Gasteiger partial charge in [-0.1, -0.05) is 42.0 Å². The fraction of sp³-hybridized carbons (Fsp3) is 0.231. The van der Waals surface area contributed by atoms with Crippen LogP contribution in [0.2, 0.25) is 0 Å². The van der Waals surface area contributed by atoms with Crippen LogP contribution in [0.25, 0.3) is 38.9 Å². The van der Waals surface area contributed by atoms with Crippen LogP contribution in [0.4, 0.5) is 5.82 Å². The van der Waals surface area contributed by atoms with Gasteiger partial charge in [-0.05, 0) is 49.0 Å². The van der Waals surface area contributed by atoms with E-state index in [4.69, 9.17) is 15.7 Å². The molecule has 0 amide bonds. The molecule has 1 radical (unpaired) electrons. The van der Waals surface area contributed by atoms with Crippen molar-refractivity contribution in [2.75, 3.05) is 5.73 Å². The number of hydrogen-bond acceptors (Lipinski definition) is 6. The van der Waals surface area contributed by atoms with Crippen molar-refractivity contribution in [2.24, 2.45) is 0 Å². The Morgan fingerprint density at radius 1 is 1.12 bits per heavy atom. The average Bonchev–Trinajstić information content (AvgIpc) is 3.18. The summed E-state index contributed by atoms with van der Waals surface area (Å²) in [5.74, 6) is 1.30. The largest absolute Gasteiger partial charge is 0.390 e. The van der Waals surface area contributed by atoms with Crippen molar-refractivity contribution in [3.8, 4) is 22.5 Å². The van der Waals surface area contributed by atoms with Crippen molar-refractivity contribution in [1.29, 1.82) is 0 Å².